The first-order chi connectivity index (χ1) is 11.5. The molecule has 3 rings (SSSR count). The van der Waals surface area contributed by atoms with Gasteiger partial charge in [-0.2, -0.15) is 13.2 Å². The van der Waals surface area contributed by atoms with Crippen molar-refractivity contribution < 1.29 is 18.0 Å². The number of benzene rings is 1. The van der Waals surface area contributed by atoms with Crippen LogP contribution in [-0.4, -0.2) is 54.1 Å². The van der Waals surface area contributed by atoms with Crippen LogP contribution >= 0.6 is 0 Å². The van der Waals surface area contributed by atoms with Crippen molar-refractivity contribution >= 4 is 5.91 Å². The highest BCUT2D eigenvalue weighted by Crippen LogP contribution is 2.45. The lowest BCUT2D eigenvalue weighted by atomic mass is 10.1. The highest BCUT2D eigenvalue weighted by Gasteiger charge is 2.51. The number of carbonyl (C=O) groups excluding carboxylic acids is 1. The molecule has 1 aliphatic heterocycles. The third-order valence-corrected chi connectivity index (χ3v) is 4.99. The normalized spacial score (nSPS) is 24.6. The molecule has 3 nitrogen and oxygen atoms in total. The minimum atomic E-state index is -4.80. The Kier molecular flexibility index (Phi) is 5.13. The molecule has 1 aromatic rings. The van der Waals surface area contributed by atoms with Gasteiger partial charge in [-0.05, 0) is 37.9 Å². The summed E-state index contributed by atoms with van der Waals surface area (Å²) >= 11 is 0. The van der Waals surface area contributed by atoms with E-state index in [1.165, 1.54) is 6.42 Å². The number of hydrogen-bond acceptors (Lipinski definition) is 2. The van der Waals surface area contributed by atoms with Gasteiger partial charge in [-0.1, -0.05) is 36.8 Å². The van der Waals surface area contributed by atoms with Crippen LogP contribution in [0.3, 0.4) is 0 Å². The van der Waals surface area contributed by atoms with Gasteiger partial charge in [0.25, 0.3) is 0 Å². The molecule has 0 aromatic heterocycles. The summed E-state index contributed by atoms with van der Waals surface area (Å²) in [7, 11) is 0. The first-order valence-electron chi connectivity index (χ1n) is 8.62. The van der Waals surface area contributed by atoms with E-state index in [9.17, 15) is 18.0 Å². The SMILES string of the molecule is O=C(N(CCN1CCCCC1)[C@@H]1C[C@H]1c1ccccc1)C(F)(F)F. The Balaban J connectivity index is 1.65. The Morgan fingerprint density at radius 3 is 2.42 bits per heavy atom. The molecule has 0 unspecified atom stereocenters. The van der Waals surface area contributed by atoms with Gasteiger partial charge in [-0.25, -0.2) is 0 Å². The molecule has 1 amide bonds. The van der Waals surface area contributed by atoms with Crippen molar-refractivity contribution in [2.24, 2.45) is 0 Å². The average Bonchev–Trinajstić information content (AvgIpc) is 3.36. The predicted octanol–water partition coefficient (Wildman–Crippen LogP) is 3.42. The van der Waals surface area contributed by atoms with Crippen molar-refractivity contribution in [2.45, 2.75) is 43.8 Å². The number of likely N-dealkylation sites (tertiary alicyclic amines) is 1. The van der Waals surface area contributed by atoms with Crippen LogP contribution in [0.2, 0.25) is 0 Å². The van der Waals surface area contributed by atoms with E-state index in [1.807, 2.05) is 30.3 Å². The second kappa shape index (κ2) is 7.13. The monoisotopic (exact) mass is 340 g/mol. The van der Waals surface area contributed by atoms with Gasteiger partial charge >= 0.3 is 12.1 Å². The zero-order valence-corrected chi connectivity index (χ0v) is 13.6. The van der Waals surface area contributed by atoms with E-state index in [0.29, 0.717) is 13.0 Å². The number of carbonyl (C=O) groups is 1. The highest BCUT2D eigenvalue weighted by molar-refractivity contribution is 5.82. The second-order valence-electron chi connectivity index (χ2n) is 6.72. The lowest BCUT2D eigenvalue weighted by Gasteiger charge is -2.30. The van der Waals surface area contributed by atoms with E-state index in [-0.39, 0.29) is 18.5 Å². The van der Waals surface area contributed by atoms with E-state index in [4.69, 9.17) is 0 Å². The summed E-state index contributed by atoms with van der Waals surface area (Å²) < 4.78 is 38.9. The molecule has 1 heterocycles. The fourth-order valence-corrected chi connectivity index (χ4v) is 3.60. The maximum atomic E-state index is 13.0. The van der Waals surface area contributed by atoms with Gasteiger partial charge in [-0.15, -0.1) is 0 Å². The van der Waals surface area contributed by atoms with Gasteiger partial charge < -0.3 is 9.80 Å². The standard InChI is InChI=1S/C18H23F3N2O/c19-18(20,21)17(24)23(12-11-22-9-5-2-6-10-22)16-13-15(16)14-7-3-1-4-8-14/h1,3-4,7-8,15-16H,2,5-6,9-13H2/t15-,16+/m0/s1. The Labute approximate surface area is 140 Å². The zero-order valence-electron chi connectivity index (χ0n) is 13.6. The van der Waals surface area contributed by atoms with Gasteiger partial charge in [0.15, 0.2) is 0 Å². The van der Waals surface area contributed by atoms with Gasteiger partial charge in [-0.3, -0.25) is 4.79 Å². The largest absolute Gasteiger partial charge is 0.471 e. The minimum absolute atomic E-state index is 0.0267. The summed E-state index contributed by atoms with van der Waals surface area (Å²) in [6.07, 6.45) is -0.829. The van der Waals surface area contributed by atoms with Crippen molar-refractivity contribution in [2.75, 3.05) is 26.2 Å². The van der Waals surface area contributed by atoms with Crippen LogP contribution in [0.5, 0.6) is 0 Å². The number of hydrogen-bond donors (Lipinski definition) is 0. The average molecular weight is 340 g/mol. The fraction of sp³-hybridized carbons (Fsp3) is 0.611. The third kappa shape index (κ3) is 4.09. The van der Waals surface area contributed by atoms with E-state index in [1.54, 1.807) is 0 Å². The number of rotatable bonds is 5. The lowest BCUT2D eigenvalue weighted by Crippen LogP contribution is -2.47. The van der Waals surface area contributed by atoms with Crippen LogP contribution in [0.4, 0.5) is 13.2 Å². The smallest absolute Gasteiger partial charge is 0.330 e. The second-order valence-corrected chi connectivity index (χ2v) is 6.72. The van der Waals surface area contributed by atoms with Crippen LogP contribution in [0.1, 0.15) is 37.2 Å². The molecule has 24 heavy (non-hydrogen) atoms. The van der Waals surface area contributed by atoms with E-state index in [2.05, 4.69) is 4.90 Å². The molecule has 2 aliphatic rings. The summed E-state index contributed by atoms with van der Waals surface area (Å²) in [4.78, 5) is 15.1. The molecule has 6 heteroatoms. The summed E-state index contributed by atoms with van der Waals surface area (Å²) in [5.74, 6) is -1.67. The molecule has 0 radical (unpaired) electrons. The summed E-state index contributed by atoms with van der Waals surface area (Å²) in [6, 6.07) is 9.17. The number of alkyl halides is 3. The van der Waals surface area contributed by atoms with Crippen molar-refractivity contribution in [1.29, 1.82) is 0 Å². The number of halogens is 3. The number of piperidine rings is 1. The van der Waals surface area contributed by atoms with E-state index in [0.717, 1.165) is 36.4 Å². The Bertz CT molecular complexity index is 555. The molecule has 2 atom stereocenters. The molecule has 0 bridgehead atoms. The minimum Gasteiger partial charge on any atom is -0.330 e. The van der Waals surface area contributed by atoms with Crippen LogP contribution < -0.4 is 0 Å². The maximum absolute atomic E-state index is 13.0. The summed E-state index contributed by atoms with van der Waals surface area (Å²) in [5.41, 5.74) is 1.01. The summed E-state index contributed by atoms with van der Waals surface area (Å²) in [6.45, 7) is 2.52. The Morgan fingerprint density at radius 2 is 1.79 bits per heavy atom. The van der Waals surface area contributed by atoms with Gasteiger partial charge in [0, 0.05) is 25.0 Å². The third-order valence-electron chi connectivity index (χ3n) is 4.99. The molecule has 132 valence electrons. The van der Waals surface area contributed by atoms with Crippen LogP contribution in [0.25, 0.3) is 0 Å². The van der Waals surface area contributed by atoms with Gasteiger partial charge in [0.1, 0.15) is 0 Å². The fourth-order valence-electron chi connectivity index (χ4n) is 3.60. The molecule has 0 N–H and O–H groups in total. The van der Waals surface area contributed by atoms with E-state index >= 15 is 0 Å². The first-order valence-corrected chi connectivity index (χ1v) is 8.62. The van der Waals surface area contributed by atoms with Crippen molar-refractivity contribution in [3.8, 4) is 0 Å². The van der Waals surface area contributed by atoms with Crippen molar-refractivity contribution in [3.05, 3.63) is 35.9 Å². The maximum Gasteiger partial charge on any atom is 0.471 e. The van der Waals surface area contributed by atoms with Crippen molar-refractivity contribution in [3.63, 3.8) is 0 Å². The quantitative estimate of drug-likeness (QED) is 0.820. The van der Waals surface area contributed by atoms with Crippen LogP contribution in [-0.2, 0) is 4.79 Å². The van der Waals surface area contributed by atoms with Crippen LogP contribution in [0, 0.1) is 0 Å². The lowest BCUT2D eigenvalue weighted by molar-refractivity contribution is -0.186. The predicted molar refractivity (Wildman–Crippen MR) is 85.6 cm³/mol. The molecule has 1 aromatic carbocycles. The topological polar surface area (TPSA) is 23.6 Å². The zero-order chi connectivity index (χ0) is 17.2. The molecular weight excluding hydrogens is 317 g/mol. The van der Waals surface area contributed by atoms with Crippen molar-refractivity contribution in [1.82, 2.24) is 9.80 Å². The Hall–Kier alpha value is -1.56. The van der Waals surface area contributed by atoms with E-state index < -0.39 is 12.1 Å². The highest BCUT2D eigenvalue weighted by atomic mass is 19.4. The summed E-state index contributed by atoms with van der Waals surface area (Å²) in [5, 5.41) is 0. The first kappa shape index (κ1) is 17.3. The number of amides is 1. The molecular formula is C18H23F3N2O. The molecule has 2 fully saturated rings. The van der Waals surface area contributed by atoms with Gasteiger partial charge in [0.2, 0.25) is 0 Å². The van der Waals surface area contributed by atoms with Gasteiger partial charge in [0.05, 0.1) is 0 Å². The van der Waals surface area contributed by atoms with Crippen LogP contribution in [0.15, 0.2) is 30.3 Å². The number of nitrogens with zero attached hydrogens (tertiary/aromatic N) is 2. The Morgan fingerprint density at radius 1 is 1.12 bits per heavy atom. The molecule has 0 spiro atoms. The molecule has 1 saturated heterocycles. The molecule has 1 aliphatic carbocycles. The molecule has 1 saturated carbocycles.